The predicted molar refractivity (Wildman–Crippen MR) is 85.7 cm³/mol. The van der Waals surface area contributed by atoms with Crippen LogP contribution in [0.3, 0.4) is 0 Å². The van der Waals surface area contributed by atoms with Crippen molar-refractivity contribution in [2.24, 2.45) is 4.99 Å². The van der Waals surface area contributed by atoms with Crippen LogP contribution in [0.4, 0.5) is 5.69 Å². The Morgan fingerprint density at radius 3 is 2.95 bits per heavy atom. The normalized spacial score (nSPS) is 13.8. The van der Waals surface area contributed by atoms with Gasteiger partial charge in [0.25, 0.3) is 0 Å². The standard InChI is InChI=1S/C15H21N3.ClH/c1-4-9-18-10-8-16-15(18)11-17-14-7-5-6-12(2)13(14)3;/h4-7,17H,1,8-11H2,2-3H3;1H. The van der Waals surface area contributed by atoms with E-state index >= 15 is 0 Å². The highest BCUT2D eigenvalue weighted by atomic mass is 35.5. The van der Waals surface area contributed by atoms with E-state index < -0.39 is 0 Å². The number of aryl methyl sites for hydroxylation is 1. The molecule has 1 aromatic carbocycles. The largest absolute Gasteiger partial charge is 0.378 e. The van der Waals surface area contributed by atoms with Crippen molar-refractivity contribution in [3.8, 4) is 0 Å². The first kappa shape index (κ1) is 15.6. The fourth-order valence-corrected chi connectivity index (χ4v) is 2.17. The molecule has 0 fully saturated rings. The van der Waals surface area contributed by atoms with Gasteiger partial charge in [-0.05, 0) is 31.0 Å². The molecule has 0 bridgehead atoms. The van der Waals surface area contributed by atoms with Crippen molar-refractivity contribution in [2.45, 2.75) is 13.8 Å². The van der Waals surface area contributed by atoms with Gasteiger partial charge in [-0.2, -0.15) is 0 Å². The van der Waals surface area contributed by atoms with Crippen LogP contribution in [0.2, 0.25) is 0 Å². The summed E-state index contributed by atoms with van der Waals surface area (Å²) in [5, 5.41) is 3.48. The van der Waals surface area contributed by atoms with Crippen LogP contribution in [-0.4, -0.2) is 36.9 Å². The van der Waals surface area contributed by atoms with Gasteiger partial charge in [-0.3, -0.25) is 4.99 Å². The van der Waals surface area contributed by atoms with Crippen LogP contribution in [0.15, 0.2) is 35.8 Å². The van der Waals surface area contributed by atoms with Gasteiger partial charge in [-0.1, -0.05) is 18.2 Å². The third kappa shape index (κ3) is 3.74. The highest BCUT2D eigenvalue weighted by molar-refractivity contribution is 5.88. The first-order valence-electron chi connectivity index (χ1n) is 6.41. The molecule has 0 aromatic heterocycles. The third-order valence-electron chi connectivity index (χ3n) is 3.42. The predicted octanol–water partition coefficient (Wildman–Crippen LogP) is 3.04. The Bertz CT molecular complexity index is 468. The lowest BCUT2D eigenvalue weighted by Crippen LogP contribution is -2.32. The lowest BCUT2D eigenvalue weighted by Gasteiger charge is -2.19. The molecule has 1 heterocycles. The molecule has 0 saturated heterocycles. The van der Waals surface area contributed by atoms with E-state index in [-0.39, 0.29) is 12.4 Å². The molecule has 1 aromatic rings. The zero-order valence-corrected chi connectivity index (χ0v) is 12.5. The van der Waals surface area contributed by atoms with E-state index in [0.717, 1.165) is 32.0 Å². The minimum atomic E-state index is 0. The van der Waals surface area contributed by atoms with Gasteiger partial charge in [-0.15, -0.1) is 19.0 Å². The molecule has 0 amide bonds. The van der Waals surface area contributed by atoms with E-state index in [0.29, 0.717) is 0 Å². The summed E-state index contributed by atoms with van der Waals surface area (Å²) in [7, 11) is 0. The van der Waals surface area contributed by atoms with Gasteiger partial charge in [-0.25, -0.2) is 0 Å². The van der Waals surface area contributed by atoms with Gasteiger partial charge < -0.3 is 10.2 Å². The van der Waals surface area contributed by atoms with Gasteiger partial charge >= 0.3 is 0 Å². The second-order valence-corrected chi connectivity index (χ2v) is 4.63. The van der Waals surface area contributed by atoms with E-state index in [4.69, 9.17) is 0 Å². The summed E-state index contributed by atoms with van der Waals surface area (Å²) in [4.78, 5) is 6.80. The molecule has 19 heavy (non-hydrogen) atoms. The molecule has 1 N–H and O–H groups in total. The highest BCUT2D eigenvalue weighted by Gasteiger charge is 2.15. The van der Waals surface area contributed by atoms with Crippen molar-refractivity contribution in [1.29, 1.82) is 0 Å². The molecular formula is C15H22ClN3. The quantitative estimate of drug-likeness (QED) is 0.839. The van der Waals surface area contributed by atoms with Crippen LogP contribution in [0.25, 0.3) is 0 Å². The zero-order chi connectivity index (χ0) is 13.0. The van der Waals surface area contributed by atoms with Crippen molar-refractivity contribution in [1.82, 2.24) is 4.90 Å². The van der Waals surface area contributed by atoms with Crippen LogP contribution in [0.5, 0.6) is 0 Å². The number of amidine groups is 1. The Hall–Kier alpha value is -1.48. The highest BCUT2D eigenvalue weighted by Crippen LogP contribution is 2.18. The molecule has 0 spiro atoms. The number of anilines is 1. The van der Waals surface area contributed by atoms with Gasteiger partial charge in [0, 0.05) is 18.8 Å². The fraction of sp³-hybridized carbons (Fsp3) is 0.400. The Morgan fingerprint density at radius 2 is 2.21 bits per heavy atom. The van der Waals surface area contributed by atoms with Gasteiger partial charge in [0.15, 0.2) is 0 Å². The smallest absolute Gasteiger partial charge is 0.119 e. The van der Waals surface area contributed by atoms with Crippen molar-refractivity contribution in [3.63, 3.8) is 0 Å². The van der Waals surface area contributed by atoms with Crippen molar-refractivity contribution in [3.05, 3.63) is 42.0 Å². The average Bonchev–Trinajstić information content (AvgIpc) is 2.79. The van der Waals surface area contributed by atoms with Crippen molar-refractivity contribution >= 4 is 23.9 Å². The summed E-state index contributed by atoms with van der Waals surface area (Å²) in [6.45, 7) is 11.7. The first-order chi connectivity index (χ1) is 8.72. The van der Waals surface area contributed by atoms with E-state index in [1.165, 1.54) is 16.8 Å². The molecule has 0 radical (unpaired) electrons. The number of nitrogens with one attached hydrogen (secondary N) is 1. The zero-order valence-electron chi connectivity index (χ0n) is 11.6. The van der Waals surface area contributed by atoms with Gasteiger partial charge in [0.05, 0.1) is 13.1 Å². The summed E-state index contributed by atoms with van der Waals surface area (Å²) in [5.41, 5.74) is 3.82. The van der Waals surface area contributed by atoms with Gasteiger partial charge in [0.1, 0.15) is 5.84 Å². The van der Waals surface area contributed by atoms with Crippen LogP contribution < -0.4 is 5.32 Å². The molecule has 2 rings (SSSR count). The molecule has 0 atom stereocenters. The maximum Gasteiger partial charge on any atom is 0.119 e. The lowest BCUT2D eigenvalue weighted by molar-refractivity contribution is 0.503. The Labute approximate surface area is 121 Å². The molecular weight excluding hydrogens is 258 g/mol. The molecule has 0 saturated carbocycles. The Kier molecular flexibility index (Phi) is 5.90. The maximum absolute atomic E-state index is 4.54. The van der Waals surface area contributed by atoms with Crippen LogP contribution in [-0.2, 0) is 0 Å². The van der Waals surface area contributed by atoms with E-state index in [1.54, 1.807) is 0 Å². The third-order valence-corrected chi connectivity index (χ3v) is 3.42. The monoisotopic (exact) mass is 279 g/mol. The number of rotatable bonds is 5. The van der Waals surface area contributed by atoms with Crippen molar-refractivity contribution in [2.75, 3.05) is 31.5 Å². The molecule has 0 aliphatic carbocycles. The average molecular weight is 280 g/mol. The fourth-order valence-electron chi connectivity index (χ4n) is 2.17. The first-order valence-corrected chi connectivity index (χ1v) is 6.41. The number of hydrogen-bond donors (Lipinski definition) is 1. The van der Waals surface area contributed by atoms with E-state index in [2.05, 4.69) is 53.8 Å². The SMILES string of the molecule is C=CCN1CCN=C1CNc1cccc(C)c1C.Cl. The minimum absolute atomic E-state index is 0. The van der Waals surface area contributed by atoms with E-state index in [1.807, 2.05) is 6.08 Å². The van der Waals surface area contributed by atoms with E-state index in [9.17, 15) is 0 Å². The van der Waals surface area contributed by atoms with Crippen molar-refractivity contribution < 1.29 is 0 Å². The van der Waals surface area contributed by atoms with Gasteiger partial charge in [0.2, 0.25) is 0 Å². The maximum atomic E-state index is 4.54. The van der Waals surface area contributed by atoms with Crippen LogP contribution in [0, 0.1) is 13.8 Å². The molecule has 1 aliphatic heterocycles. The molecule has 104 valence electrons. The van der Waals surface area contributed by atoms with Crippen LogP contribution >= 0.6 is 12.4 Å². The molecule has 1 aliphatic rings. The second-order valence-electron chi connectivity index (χ2n) is 4.63. The second kappa shape index (κ2) is 7.19. The summed E-state index contributed by atoms with van der Waals surface area (Å²) in [5.74, 6) is 1.14. The molecule has 3 nitrogen and oxygen atoms in total. The summed E-state index contributed by atoms with van der Waals surface area (Å²) in [6, 6.07) is 6.34. The minimum Gasteiger partial charge on any atom is -0.378 e. The topological polar surface area (TPSA) is 27.6 Å². The number of nitrogens with zero attached hydrogens (tertiary/aromatic N) is 2. The number of benzene rings is 1. The number of halogens is 1. The Balaban J connectivity index is 0.00000180. The summed E-state index contributed by atoms with van der Waals surface area (Å²) < 4.78 is 0. The number of hydrogen-bond acceptors (Lipinski definition) is 3. The summed E-state index contributed by atoms with van der Waals surface area (Å²) >= 11 is 0. The lowest BCUT2D eigenvalue weighted by atomic mass is 10.1. The van der Waals surface area contributed by atoms with Crippen LogP contribution in [0.1, 0.15) is 11.1 Å². The summed E-state index contributed by atoms with van der Waals surface area (Å²) in [6.07, 6.45) is 1.93. The Morgan fingerprint density at radius 1 is 1.42 bits per heavy atom. The molecule has 4 heteroatoms. The number of aliphatic imine (C=N–C) groups is 1. The molecule has 0 unspecified atom stereocenters.